The number of ether oxygens (including phenoxy) is 1. The van der Waals surface area contributed by atoms with E-state index in [1.54, 1.807) is 7.05 Å². The first-order chi connectivity index (χ1) is 15.0. The molecule has 0 aromatic carbocycles. The molecule has 4 heterocycles. The molecule has 2 fully saturated rings. The molecule has 2 aliphatic rings. The van der Waals surface area contributed by atoms with Crippen LogP contribution >= 0.6 is 11.8 Å². The third-order valence-electron chi connectivity index (χ3n) is 6.39. The maximum Gasteiger partial charge on any atom is 0.434 e. The highest BCUT2D eigenvalue weighted by molar-refractivity contribution is 7.99. The van der Waals surface area contributed by atoms with Gasteiger partial charge in [-0.1, -0.05) is 11.8 Å². The Hall–Kier alpha value is -2.31. The fourth-order valence-electron chi connectivity index (χ4n) is 4.39. The van der Waals surface area contributed by atoms with Crippen molar-refractivity contribution in [1.29, 1.82) is 0 Å². The Balaban J connectivity index is 1.59. The third kappa shape index (κ3) is 3.95. The average molecular weight is 471 g/mol. The predicted octanol–water partition coefficient (Wildman–Crippen LogP) is 2.26. The maximum atomic E-state index is 13.3. The number of anilines is 2. The quantitative estimate of drug-likeness (QED) is 0.703. The van der Waals surface area contributed by atoms with E-state index in [1.807, 2.05) is 11.8 Å². The molecule has 4 N–H and O–H groups in total. The Kier molecular flexibility index (Phi) is 5.88. The van der Waals surface area contributed by atoms with E-state index in [0.717, 1.165) is 19.0 Å². The summed E-state index contributed by atoms with van der Waals surface area (Å²) >= 11 is 0.625. The first-order valence-corrected chi connectivity index (χ1v) is 11.0. The highest BCUT2D eigenvalue weighted by Crippen LogP contribution is 2.42. The fourth-order valence-corrected chi connectivity index (χ4v) is 5.39. The van der Waals surface area contributed by atoms with Gasteiger partial charge in [0, 0.05) is 42.7 Å². The zero-order valence-electron chi connectivity index (χ0n) is 17.7. The largest absolute Gasteiger partial charge is 0.434 e. The van der Waals surface area contributed by atoms with Crippen molar-refractivity contribution in [2.24, 2.45) is 18.2 Å². The van der Waals surface area contributed by atoms with Gasteiger partial charge in [-0.05, 0) is 31.9 Å². The highest BCUT2D eigenvalue weighted by Gasteiger charge is 2.48. The number of nitrogen functional groups attached to an aromatic ring is 1. The molecule has 12 heteroatoms. The molecule has 0 aliphatic carbocycles. The van der Waals surface area contributed by atoms with Gasteiger partial charge in [0.2, 0.25) is 5.95 Å². The lowest BCUT2D eigenvalue weighted by molar-refractivity contribution is -0.143. The van der Waals surface area contributed by atoms with Crippen molar-refractivity contribution in [3.8, 4) is 0 Å². The number of aromatic nitrogens is 3. The van der Waals surface area contributed by atoms with Crippen molar-refractivity contribution in [2.45, 2.75) is 47.9 Å². The summed E-state index contributed by atoms with van der Waals surface area (Å²) in [6, 6.07) is 2.58. The van der Waals surface area contributed by atoms with Gasteiger partial charge in [0.05, 0.1) is 12.7 Å². The summed E-state index contributed by atoms with van der Waals surface area (Å²) in [7, 11) is 1.54. The Morgan fingerprint density at radius 3 is 2.59 bits per heavy atom. The molecule has 0 saturated carbocycles. The van der Waals surface area contributed by atoms with Crippen molar-refractivity contribution in [3.63, 3.8) is 0 Å². The van der Waals surface area contributed by atoms with Crippen LogP contribution in [0.5, 0.6) is 0 Å². The molecule has 0 radical (unpaired) electrons. The number of halogens is 3. The highest BCUT2D eigenvalue weighted by atomic mass is 32.2. The van der Waals surface area contributed by atoms with E-state index in [-0.39, 0.29) is 33.2 Å². The number of hydrogen-bond donors (Lipinski definition) is 2. The van der Waals surface area contributed by atoms with E-state index >= 15 is 0 Å². The Bertz CT molecular complexity index is 1070. The van der Waals surface area contributed by atoms with Crippen LogP contribution in [0.25, 0.3) is 0 Å². The molecule has 2 aromatic rings. The van der Waals surface area contributed by atoms with E-state index in [4.69, 9.17) is 16.2 Å². The van der Waals surface area contributed by atoms with Gasteiger partial charge >= 0.3 is 6.18 Å². The summed E-state index contributed by atoms with van der Waals surface area (Å²) in [6.45, 7) is 3.83. The molecule has 2 unspecified atom stereocenters. The van der Waals surface area contributed by atoms with Gasteiger partial charge in [-0.2, -0.15) is 18.2 Å². The molecule has 174 valence electrons. The third-order valence-corrected chi connectivity index (χ3v) is 7.53. The molecular weight excluding hydrogens is 445 g/mol. The van der Waals surface area contributed by atoms with Gasteiger partial charge < -0.3 is 21.1 Å². The lowest BCUT2D eigenvalue weighted by Gasteiger charge is -2.41. The van der Waals surface area contributed by atoms with Crippen molar-refractivity contribution in [2.75, 3.05) is 30.3 Å². The fraction of sp³-hybridized carbons (Fsp3) is 0.550. The van der Waals surface area contributed by atoms with Crippen molar-refractivity contribution in [1.82, 2.24) is 14.5 Å². The number of rotatable bonds is 3. The van der Waals surface area contributed by atoms with E-state index in [9.17, 15) is 18.0 Å². The summed E-state index contributed by atoms with van der Waals surface area (Å²) in [4.78, 5) is 22.5. The Morgan fingerprint density at radius 1 is 1.31 bits per heavy atom. The van der Waals surface area contributed by atoms with E-state index in [1.165, 1.54) is 16.7 Å². The number of nitrogens with two attached hydrogens (primary N) is 2. The second-order valence-electron chi connectivity index (χ2n) is 8.33. The van der Waals surface area contributed by atoms with Gasteiger partial charge in [0.15, 0.2) is 5.69 Å². The lowest BCUT2D eigenvalue weighted by atomic mass is 9.73. The lowest BCUT2D eigenvalue weighted by Crippen LogP contribution is -2.51. The topological polar surface area (TPSA) is 112 Å². The zero-order chi connectivity index (χ0) is 23.3. The number of nitrogens with zero attached hydrogens (tertiary/aromatic N) is 4. The van der Waals surface area contributed by atoms with Crippen molar-refractivity contribution >= 4 is 23.5 Å². The minimum Gasteiger partial charge on any atom is -0.382 e. The second kappa shape index (κ2) is 8.23. The van der Waals surface area contributed by atoms with Crippen molar-refractivity contribution in [3.05, 3.63) is 34.4 Å². The van der Waals surface area contributed by atoms with Crippen molar-refractivity contribution < 1.29 is 17.9 Å². The minimum absolute atomic E-state index is 0.00467. The Morgan fingerprint density at radius 2 is 2.00 bits per heavy atom. The van der Waals surface area contributed by atoms with Gasteiger partial charge in [-0.3, -0.25) is 14.3 Å². The average Bonchev–Trinajstić information content (AvgIpc) is 3.02. The van der Waals surface area contributed by atoms with Crippen LogP contribution in [0.2, 0.25) is 0 Å². The van der Waals surface area contributed by atoms with Crippen LogP contribution in [0.15, 0.2) is 32.9 Å². The van der Waals surface area contributed by atoms with E-state index in [0.29, 0.717) is 37.4 Å². The monoisotopic (exact) mass is 470 g/mol. The summed E-state index contributed by atoms with van der Waals surface area (Å²) in [5.41, 5.74) is 10.7. The molecule has 2 atom stereocenters. The number of alkyl halides is 3. The summed E-state index contributed by atoms with van der Waals surface area (Å²) in [6.07, 6.45) is -2.01. The summed E-state index contributed by atoms with van der Waals surface area (Å²) in [5, 5.41) is 0. The van der Waals surface area contributed by atoms with E-state index in [2.05, 4.69) is 9.97 Å². The molecule has 4 rings (SSSR count). The van der Waals surface area contributed by atoms with Crippen LogP contribution in [0.1, 0.15) is 25.5 Å². The van der Waals surface area contributed by atoms with Crippen LogP contribution in [-0.4, -0.2) is 46.4 Å². The van der Waals surface area contributed by atoms with Gasteiger partial charge in [-0.25, -0.2) is 0 Å². The first kappa shape index (κ1) is 22.9. The number of piperidine rings is 1. The molecule has 2 saturated heterocycles. The first-order valence-electron chi connectivity index (χ1n) is 10.2. The molecule has 0 bridgehead atoms. The van der Waals surface area contributed by atoms with Crippen LogP contribution in [-0.2, 0) is 18.0 Å². The summed E-state index contributed by atoms with van der Waals surface area (Å²) < 4.78 is 46.9. The number of hydrogen-bond acceptors (Lipinski definition) is 8. The maximum absolute atomic E-state index is 13.3. The van der Waals surface area contributed by atoms with E-state index < -0.39 is 17.4 Å². The number of pyridine rings is 1. The van der Waals surface area contributed by atoms with Crippen LogP contribution in [0.4, 0.5) is 24.9 Å². The SMILES string of the molecule is CC1OCC2(CCN(c3nc(N)c(Sc4cccnc4C(F)(F)F)c(=O)n3C)CC2)C1N. The second-order valence-corrected chi connectivity index (χ2v) is 9.38. The van der Waals surface area contributed by atoms with Gasteiger partial charge in [-0.15, -0.1) is 0 Å². The normalized spacial score (nSPS) is 23.1. The molecule has 8 nitrogen and oxygen atoms in total. The minimum atomic E-state index is -4.65. The molecular formula is C20H25F3N6O2S. The van der Waals surface area contributed by atoms with Gasteiger partial charge in [0.1, 0.15) is 10.7 Å². The smallest absolute Gasteiger partial charge is 0.382 e. The molecule has 0 amide bonds. The molecule has 32 heavy (non-hydrogen) atoms. The van der Waals surface area contributed by atoms with Crippen LogP contribution in [0.3, 0.4) is 0 Å². The predicted molar refractivity (Wildman–Crippen MR) is 115 cm³/mol. The molecule has 1 spiro atoms. The summed E-state index contributed by atoms with van der Waals surface area (Å²) in [5.74, 6) is 0.273. The standard InChI is InChI=1S/C20H25F3N6O2S/c1-11-14(24)19(10-31-11)5-8-29(9-6-19)18-27-16(25)13(17(30)28(18)2)32-12-4-3-7-26-15(12)20(21,22)23/h3-4,7,11,14H,5-6,8-10,24-25H2,1-2H3. The van der Waals surface area contributed by atoms with Gasteiger partial charge in [0.25, 0.3) is 5.56 Å². The van der Waals surface area contributed by atoms with Crippen LogP contribution in [0, 0.1) is 5.41 Å². The molecule has 2 aromatic heterocycles. The molecule has 2 aliphatic heterocycles. The zero-order valence-corrected chi connectivity index (χ0v) is 18.5. The van der Waals surface area contributed by atoms with Crippen LogP contribution < -0.4 is 21.9 Å². The Labute approximate surface area is 187 Å².